The van der Waals surface area contributed by atoms with E-state index in [2.05, 4.69) is 4.99 Å². The number of carbonyl (C=O) groups excluding carboxylic acids is 3. The third-order valence-corrected chi connectivity index (χ3v) is 5.13. The van der Waals surface area contributed by atoms with Gasteiger partial charge in [-0.3, -0.25) is 19.3 Å². The van der Waals surface area contributed by atoms with Gasteiger partial charge in [-0.2, -0.15) is 4.99 Å². The van der Waals surface area contributed by atoms with Gasteiger partial charge < -0.3 is 4.74 Å². The van der Waals surface area contributed by atoms with Crippen LogP contribution in [0.4, 0.5) is 5.69 Å². The molecule has 1 saturated heterocycles. The Kier molecular flexibility index (Phi) is 4.34. The average Bonchev–Trinajstić information content (AvgIpc) is 3.11. The van der Waals surface area contributed by atoms with Crippen molar-refractivity contribution in [2.24, 2.45) is 10.9 Å². The first kappa shape index (κ1) is 18.1. The Morgan fingerprint density at radius 3 is 2.57 bits per heavy atom. The van der Waals surface area contributed by atoms with E-state index in [0.29, 0.717) is 5.69 Å². The largest absolute Gasteiger partial charge is 0.461 e. The topological polar surface area (TPSA) is 76.0 Å². The zero-order chi connectivity index (χ0) is 19.9. The van der Waals surface area contributed by atoms with Gasteiger partial charge in [-0.05, 0) is 38.1 Å². The van der Waals surface area contributed by atoms with Gasteiger partial charge in [-0.1, -0.05) is 35.9 Å². The van der Waals surface area contributed by atoms with Crippen LogP contribution in [-0.4, -0.2) is 29.2 Å². The molecule has 0 spiro atoms. The van der Waals surface area contributed by atoms with Crippen LogP contribution in [0.2, 0.25) is 0 Å². The van der Waals surface area contributed by atoms with Gasteiger partial charge in [-0.25, -0.2) is 0 Å². The summed E-state index contributed by atoms with van der Waals surface area (Å²) in [5, 5.41) is 0. The molecule has 1 unspecified atom stereocenters. The van der Waals surface area contributed by atoms with Gasteiger partial charge >= 0.3 is 0 Å². The Morgan fingerprint density at radius 2 is 1.86 bits per heavy atom. The molecule has 2 aromatic carbocycles. The van der Waals surface area contributed by atoms with Crippen molar-refractivity contribution in [3.8, 4) is 0 Å². The van der Waals surface area contributed by atoms with Gasteiger partial charge in [0.05, 0.1) is 11.6 Å². The molecule has 6 nitrogen and oxygen atoms in total. The first-order valence-corrected chi connectivity index (χ1v) is 9.18. The predicted molar refractivity (Wildman–Crippen MR) is 104 cm³/mol. The molecule has 142 valence electrons. The maximum absolute atomic E-state index is 12.9. The highest BCUT2D eigenvalue weighted by Gasteiger charge is 2.49. The summed E-state index contributed by atoms with van der Waals surface area (Å²) in [7, 11) is 0. The third-order valence-electron chi connectivity index (χ3n) is 5.13. The van der Waals surface area contributed by atoms with E-state index < -0.39 is 17.4 Å². The van der Waals surface area contributed by atoms with Crippen LogP contribution in [0.25, 0.3) is 0 Å². The van der Waals surface area contributed by atoms with Crippen LogP contribution >= 0.6 is 0 Å². The Bertz CT molecular complexity index is 999. The molecule has 0 radical (unpaired) electrons. The summed E-state index contributed by atoms with van der Waals surface area (Å²) in [6.45, 7) is 3.57. The number of imide groups is 1. The second-order valence-electron chi connectivity index (χ2n) is 7.43. The van der Waals surface area contributed by atoms with E-state index >= 15 is 0 Å². The van der Waals surface area contributed by atoms with Crippen LogP contribution in [0.5, 0.6) is 0 Å². The number of hydrogen-bond acceptors (Lipinski definition) is 4. The zero-order valence-corrected chi connectivity index (χ0v) is 15.7. The van der Waals surface area contributed by atoms with Gasteiger partial charge in [0, 0.05) is 18.4 Å². The zero-order valence-electron chi connectivity index (χ0n) is 15.7. The minimum absolute atomic E-state index is 0.0553. The number of aliphatic imine (C=N–C) groups is 1. The molecular formula is C22H20N2O4. The molecular weight excluding hydrogens is 356 g/mol. The minimum Gasteiger partial charge on any atom is -0.461 e. The molecule has 2 aliphatic rings. The summed E-state index contributed by atoms with van der Waals surface area (Å²) in [5.74, 6) is -1.36. The number of aryl methyl sites for hydroxylation is 1. The lowest BCUT2D eigenvalue weighted by molar-refractivity contribution is -0.132. The fourth-order valence-corrected chi connectivity index (χ4v) is 3.69. The SMILES string of the molecule is Cc1cccc(C2=NC(=O)[C@](C)(CC3CC(=O)N(c4ccccc4)C3=O)O2)c1. The van der Waals surface area contributed by atoms with Crippen LogP contribution in [0.3, 0.4) is 0 Å². The molecule has 2 aliphatic heterocycles. The first-order valence-electron chi connectivity index (χ1n) is 9.18. The third kappa shape index (κ3) is 3.11. The predicted octanol–water partition coefficient (Wildman–Crippen LogP) is 3.03. The van der Waals surface area contributed by atoms with E-state index in [1.807, 2.05) is 37.3 Å². The van der Waals surface area contributed by atoms with Crippen LogP contribution < -0.4 is 4.90 Å². The number of hydrogen-bond donors (Lipinski definition) is 0. The summed E-state index contributed by atoms with van der Waals surface area (Å²) in [5.41, 5.74) is 1.03. The first-order chi connectivity index (χ1) is 13.4. The van der Waals surface area contributed by atoms with Gasteiger partial charge in [0.1, 0.15) is 0 Å². The number of nitrogens with zero attached hydrogens (tertiary/aromatic N) is 2. The van der Waals surface area contributed by atoms with Crippen molar-refractivity contribution in [3.63, 3.8) is 0 Å². The number of amides is 3. The second kappa shape index (κ2) is 6.71. The van der Waals surface area contributed by atoms with E-state index in [1.54, 1.807) is 31.2 Å². The van der Waals surface area contributed by atoms with Crippen molar-refractivity contribution < 1.29 is 19.1 Å². The quantitative estimate of drug-likeness (QED) is 0.769. The number of para-hydroxylation sites is 1. The molecule has 0 N–H and O–H groups in total. The highest BCUT2D eigenvalue weighted by Crippen LogP contribution is 2.36. The Hall–Kier alpha value is -3.28. The van der Waals surface area contributed by atoms with Crippen molar-refractivity contribution in [1.29, 1.82) is 0 Å². The number of ether oxygens (including phenoxy) is 1. The number of benzene rings is 2. The summed E-state index contributed by atoms with van der Waals surface area (Å²) in [6, 6.07) is 16.3. The van der Waals surface area contributed by atoms with Gasteiger partial charge in [0.25, 0.3) is 5.91 Å². The summed E-state index contributed by atoms with van der Waals surface area (Å²) in [4.78, 5) is 43.1. The van der Waals surface area contributed by atoms with Crippen LogP contribution in [-0.2, 0) is 19.1 Å². The summed E-state index contributed by atoms with van der Waals surface area (Å²) >= 11 is 0. The van der Waals surface area contributed by atoms with E-state index in [9.17, 15) is 14.4 Å². The molecule has 2 aromatic rings. The fraction of sp³-hybridized carbons (Fsp3) is 0.273. The molecule has 28 heavy (non-hydrogen) atoms. The van der Waals surface area contributed by atoms with E-state index in [4.69, 9.17) is 4.74 Å². The highest BCUT2D eigenvalue weighted by atomic mass is 16.5. The van der Waals surface area contributed by atoms with Gasteiger partial charge in [0.15, 0.2) is 5.60 Å². The van der Waals surface area contributed by atoms with Crippen LogP contribution in [0.1, 0.15) is 30.9 Å². The van der Waals surface area contributed by atoms with Crippen molar-refractivity contribution in [2.75, 3.05) is 4.90 Å². The van der Waals surface area contributed by atoms with Crippen molar-refractivity contribution in [2.45, 2.75) is 32.3 Å². The standard InChI is InChI=1S/C22H20N2O4/c1-14-7-6-8-15(11-14)19-23-21(27)22(2,28-19)13-16-12-18(25)24(20(16)26)17-9-4-3-5-10-17/h3-11,16H,12-13H2,1-2H3/t16?,22-/m0/s1. The normalized spacial score (nSPS) is 24.5. The molecule has 1 fully saturated rings. The smallest absolute Gasteiger partial charge is 0.292 e. The summed E-state index contributed by atoms with van der Waals surface area (Å²) in [6.07, 6.45) is 0.165. The van der Waals surface area contributed by atoms with E-state index in [0.717, 1.165) is 11.1 Å². The van der Waals surface area contributed by atoms with Crippen LogP contribution in [0, 0.1) is 12.8 Å². The Balaban J connectivity index is 1.52. The highest BCUT2D eigenvalue weighted by molar-refractivity contribution is 6.21. The summed E-state index contributed by atoms with van der Waals surface area (Å²) < 4.78 is 5.91. The van der Waals surface area contributed by atoms with E-state index in [1.165, 1.54) is 4.90 Å². The monoisotopic (exact) mass is 376 g/mol. The second-order valence-corrected chi connectivity index (χ2v) is 7.43. The average molecular weight is 376 g/mol. The van der Waals surface area contributed by atoms with Crippen molar-refractivity contribution >= 4 is 29.3 Å². The Morgan fingerprint density at radius 1 is 1.11 bits per heavy atom. The maximum atomic E-state index is 12.9. The maximum Gasteiger partial charge on any atom is 0.292 e. The molecule has 6 heteroatoms. The van der Waals surface area contributed by atoms with Crippen molar-refractivity contribution in [1.82, 2.24) is 0 Å². The lowest BCUT2D eigenvalue weighted by Gasteiger charge is -2.24. The molecule has 0 bridgehead atoms. The molecule has 4 rings (SSSR count). The lowest BCUT2D eigenvalue weighted by Crippen LogP contribution is -2.38. The Labute approximate surface area is 162 Å². The molecule has 0 saturated carbocycles. The number of carbonyl (C=O) groups is 3. The van der Waals surface area contributed by atoms with Gasteiger partial charge in [0.2, 0.25) is 17.7 Å². The molecule has 0 aromatic heterocycles. The molecule has 3 amide bonds. The molecule has 0 aliphatic carbocycles. The fourth-order valence-electron chi connectivity index (χ4n) is 3.69. The van der Waals surface area contributed by atoms with Gasteiger partial charge in [-0.15, -0.1) is 0 Å². The number of anilines is 1. The minimum atomic E-state index is -1.26. The molecule has 2 atom stereocenters. The van der Waals surface area contributed by atoms with Crippen LogP contribution in [0.15, 0.2) is 59.6 Å². The lowest BCUT2D eigenvalue weighted by atomic mass is 9.90. The van der Waals surface area contributed by atoms with Crippen molar-refractivity contribution in [3.05, 3.63) is 65.7 Å². The molecule has 2 heterocycles. The van der Waals surface area contributed by atoms with E-state index in [-0.39, 0.29) is 30.6 Å². The number of rotatable bonds is 4.